The van der Waals surface area contributed by atoms with E-state index in [2.05, 4.69) is 51.1 Å². The van der Waals surface area contributed by atoms with Crippen molar-refractivity contribution < 1.29 is 9.47 Å². The first-order valence-electron chi connectivity index (χ1n) is 10.6. The molecule has 0 bridgehead atoms. The minimum absolute atomic E-state index is 0.930. The van der Waals surface area contributed by atoms with E-state index in [1.807, 2.05) is 36.4 Å². The molecule has 5 nitrogen and oxygen atoms in total. The van der Waals surface area contributed by atoms with Crippen LogP contribution in [-0.4, -0.2) is 44.9 Å². The number of fused-ring (bicyclic) bond motifs is 2. The van der Waals surface area contributed by atoms with Gasteiger partial charge in [-0.25, -0.2) is 0 Å². The van der Waals surface area contributed by atoms with Crippen LogP contribution in [0.3, 0.4) is 0 Å². The Morgan fingerprint density at radius 2 is 1.40 bits per heavy atom. The van der Waals surface area contributed by atoms with Crippen molar-refractivity contribution in [3.63, 3.8) is 0 Å². The van der Waals surface area contributed by atoms with Crippen LogP contribution in [0.15, 0.2) is 72.8 Å². The fourth-order valence-corrected chi connectivity index (χ4v) is 4.39. The van der Waals surface area contributed by atoms with E-state index in [4.69, 9.17) is 9.47 Å². The van der Waals surface area contributed by atoms with Gasteiger partial charge < -0.3 is 19.3 Å². The van der Waals surface area contributed by atoms with Crippen LogP contribution in [-0.2, 0) is 0 Å². The summed E-state index contributed by atoms with van der Waals surface area (Å²) in [5.74, 6) is 2.81. The molecule has 30 heavy (non-hydrogen) atoms. The van der Waals surface area contributed by atoms with E-state index in [1.54, 1.807) is 7.11 Å². The summed E-state index contributed by atoms with van der Waals surface area (Å²) in [5, 5.41) is 0. The molecule has 3 aromatic carbocycles. The zero-order chi connectivity index (χ0) is 20.3. The van der Waals surface area contributed by atoms with Gasteiger partial charge in [0.2, 0.25) is 0 Å². The number of nitrogens with zero attached hydrogens (tertiary/aromatic N) is 3. The summed E-state index contributed by atoms with van der Waals surface area (Å²) in [6.45, 7) is 5.07. The number of hydrogen-bond acceptors (Lipinski definition) is 5. The lowest BCUT2D eigenvalue weighted by atomic mass is 10.1. The molecule has 154 valence electrons. The second-order valence-electron chi connectivity index (χ2n) is 7.74. The molecule has 1 saturated heterocycles. The van der Waals surface area contributed by atoms with Crippen molar-refractivity contribution in [3.8, 4) is 17.2 Å². The van der Waals surface area contributed by atoms with Crippen molar-refractivity contribution in [2.45, 2.75) is 6.42 Å². The molecule has 0 unspecified atom stereocenters. The van der Waals surface area contributed by atoms with Gasteiger partial charge in [0, 0.05) is 26.2 Å². The van der Waals surface area contributed by atoms with Gasteiger partial charge in [0.25, 0.3) is 0 Å². The molecule has 5 heteroatoms. The highest BCUT2D eigenvalue weighted by Crippen LogP contribution is 2.46. The number of rotatable bonds is 6. The zero-order valence-electron chi connectivity index (χ0n) is 17.3. The first-order chi connectivity index (χ1) is 14.8. The molecule has 2 aliphatic heterocycles. The van der Waals surface area contributed by atoms with Gasteiger partial charge >= 0.3 is 0 Å². The first kappa shape index (κ1) is 18.8. The molecule has 2 aliphatic rings. The SMILES string of the molecule is COc1ccccc1N1CCN(CCCN2c3ccccc3Oc3ccccc32)C1. The Morgan fingerprint density at radius 1 is 0.767 bits per heavy atom. The van der Waals surface area contributed by atoms with Crippen molar-refractivity contribution in [2.75, 3.05) is 49.8 Å². The quantitative estimate of drug-likeness (QED) is 0.572. The molecule has 0 radical (unpaired) electrons. The molecule has 0 N–H and O–H groups in total. The van der Waals surface area contributed by atoms with Crippen molar-refractivity contribution in [2.24, 2.45) is 0 Å². The van der Waals surface area contributed by atoms with Gasteiger partial charge in [0.1, 0.15) is 5.75 Å². The first-order valence-corrected chi connectivity index (χ1v) is 10.6. The number of benzene rings is 3. The summed E-state index contributed by atoms with van der Waals surface area (Å²) < 4.78 is 11.6. The smallest absolute Gasteiger partial charge is 0.151 e. The lowest BCUT2D eigenvalue weighted by molar-refractivity contribution is 0.337. The Labute approximate surface area is 178 Å². The molecule has 0 spiro atoms. The van der Waals surface area contributed by atoms with E-state index in [9.17, 15) is 0 Å². The van der Waals surface area contributed by atoms with Crippen LogP contribution in [0, 0.1) is 0 Å². The largest absolute Gasteiger partial charge is 0.495 e. The van der Waals surface area contributed by atoms with E-state index in [-0.39, 0.29) is 0 Å². The zero-order valence-corrected chi connectivity index (χ0v) is 17.3. The summed E-state index contributed by atoms with van der Waals surface area (Å²) in [7, 11) is 1.74. The number of para-hydroxylation sites is 6. The average Bonchev–Trinajstić information content (AvgIpc) is 3.27. The molecular formula is C25H27N3O2. The van der Waals surface area contributed by atoms with Crippen LogP contribution in [0.1, 0.15) is 6.42 Å². The van der Waals surface area contributed by atoms with Crippen LogP contribution < -0.4 is 19.3 Å². The summed E-state index contributed by atoms with van der Waals surface area (Å²) in [5.41, 5.74) is 3.47. The highest BCUT2D eigenvalue weighted by molar-refractivity contribution is 5.77. The fourth-order valence-electron chi connectivity index (χ4n) is 4.39. The second kappa shape index (κ2) is 8.28. The maximum atomic E-state index is 6.10. The maximum absolute atomic E-state index is 6.10. The average molecular weight is 402 g/mol. The molecule has 5 rings (SSSR count). The molecular weight excluding hydrogens is 374 g/mol. The van der Waals surface area contributed by atoms with Gasteiger partial charge in [-0.05, 0) is 42.8 Å². The fraction of sp³-hybridized carbons (Fsp3) is 0.280. The van der Waals surface area contributed by atoms with E-state index in [1.165, 1.54) is 5.69 Å². The second-order valence-corrected chi connectivity index (χ2v) is 7.74. The maximum Gasteiger partial charge on any atom is 0.151 e. The van der Waals surface area contributed by atoms with Crippen molar-refractivity contribution in [1.29, 1.82) is 0 Å². The van der Waals surface area contributed by atoms with Gasteiger partial charge in [-0.15, -0.1) is 0 Å². The van der Waals surface area contributed by atoms with Gasteiger partial charge in [0.05, 0.1) is 30.8 Å². The third-order valence-corrected chi connectivity index (χ3v) is 5.87. The lowest BCUT2D eigenvalue weighted by Crippen LogP contribution is -2.29. The summed E-state index contributed by atoms with van der Waals surface area (Å²) in [6.07, 6.45) is 1.09. The number of ether oxygens (including phenoxy) is 2. The Balaban J connectivity index is 1.24. The van der Waals surface area contributed by atoms with E-state index in [0.29, 0.717) is 0 Å². The van der Waals surface area contributed by atoms with Gasteiger partial charge in [-0.1, -0.05) is 36.4 Å². The Kier molecular flexibility index (Phi) is 5.20. The number of hydrogen-bond donors (Lipinski definition) is 0. The number of methoxy groups -OCH3 is 1. The number of anilines is 3. The molecule has 0 aromatic heterocycles. The summed E-state index contributed by atoms with van der Waals surface area (Å²) in [6, 6.07) is 24.9. The van der Waals surface area contributed by atoms with Crippen LogP contribution >= 0.6 is 0 Å². The Bertz CT molecular complexity index is 977. The molecule has 0 aliphatic carbocycles. The van der Waals surface area contributed by atoms with Crippen molar-refractivity contribution >= 4 is 17.1 Å². The molecule has 2 heterocycles. The third-order valence-electron chi connectivity index (χ3n) is 5.87. The normalized spacial score (nSPS) is 15.5. The molecule has 0 saturated carbocycles. The molecule has 0 amide bonds. The van der Waals surface area contributed by atoms with Crippen LogP contribution in [0.2, 0.25) is 0 Å². The van der Waals surface area contributed by atoms with Gasteiger partial charge in [0.15, 0.2) is 11.5 Å². The van der Waals surface area contributed by atoms with Crippen LogP contribution in [0.4, 0.5) is 17.1 Å². The predicted molar refractivity (Wildman–Crippen MR) is 121 cm³/mol. The molecule has 3 aromatic rings. The van der Waals surface area contributed by atoms with E-state index < -0.39 is 0 Å². The van der Waals surface area contributed by atoms with Crippen molar-refractivity contribution in [3.05, 3.63) is 72.8 Å². The predicted octanol–water partition coefficient (Wildman–Crippen LogP) is 5.11. The standard InChI is InChI=1S/C25H27N3O2/c1-29-23-12-5-2-9-20(23)27-18-17-26(19-27)15-8-16-28-21-10-3-6-13-24(21)30-25-14-7-4-11-22(25)28/h2-7,9-14H,8,15-19H2,1H3. The topological polar surface area (TPSA) is 28.2 Å². The Morgan fingerprint density at radius 3 is 2.10 bits per heavy atom. The molecule has 1 fully saturated rings. The van der Waals surface area contributed by atoms with E-state index in [0.717, 1.165) is 67.9 Å². The van der Waals surface area contributed by atoms with E-state index >= 15 is 0 Å². The highest BCUT2D eigenvalue weighted by Gasteiger charge is 2.25. The van der Waals surface area contributed by atoms with Gasteiger partial charge in [-0.2, -0.15) is 0 Å². The monoisotopic (exact) mass is 401 g/mol. The van der Waals surface area contributed by atoms with Gasteiger partial charge in [-0.3, -0.25) is 4.90 Å². The molecule has 0 atom stereocenters. The minimum Gasteiger partial charge on any atom is -0.495 e. The highest BCUT2D eigenvalue weighted by atomic mass is 16.5. The summed E-state index contributed by atoms with van der Waals surface area (Å²) >= 11 is 0. The Hall–Kier alpha value is -3.18. The van der Waals surface area contributed by atoms with Crippen molar-refractivity contribution in [1.82, 2.24) is 4.90 Å². The lowest BCUT2D eigenvalue weighted by Gasteiger charge is -2.33. The summed E-state index contributed by atoms with van der Waals surface area (Å²) in [4.78, 5) is 7.31. The van der Waals surface area contributed by atoms with Crippen LogP contribution in [0.5, 0.6) is 17.2 Å². The van der Waals surface area contributed by atoms with Crippen LogP contribution in [0.25, 0.3) is 0 Å². The third kappa shape index (κ3) is 3.57. The minimum atomic E-state index is 0.930.